The van der Waals surface area contributed by atoms with Gasteiger partial charge in [0.05, 0.1) is 0 Å². The molecule has 0 aliphatic rings. The summed E-state index contributed by atoms with van der Waals surface area (Å²) in [6, 6.07) is 0. The van der Waals surface area contributed by atoms with Crippen molar-refractivity contribution in [2.24, 2.45) is 5.73 Å². The maximum atomic E-state index is 10.9. The van der Waals surface area contributed by atoms with Crippen molar-refractivity contribution < 1.29 is 14.3 Å². The molecule has 0 spiro atoms. The van der Waals surface area contributed by atoms with Gasteiger partial charge in [0.1, 0.15) is 0 Å². The summed E-state index contributed by atoms with van der Waals surface area (Å²) in [5.74, 6) is 0. The highest BCUT2D eigenvalue weighted by Gasteiger charge is 2.36. The van der Waals surface area contributed by atoms with E-state index in [1.807, 2.05) is 0 Å². The summed E-state index contributed by atoms with van der Waals surface area (Å²) in [5.41, 5.74) is 5.37. The molecule has 6 heteroatoms. The van der Waals surface area contributed by atoms with Gasteiger partial charge in [0.15, 0.2) is 8.32 Å². The topological polar surface area (TPSA) is 75.8 Å². The van der Waals surface area contributed by atoms with Crippen molar-refractivity contribution in [3.05, 3.63) is 0 Å². The number of hydrogen-bond acceptors (Lipinski definition) is 3. The van der Waals surface area contributed by atoms with E-state index < -0.39 is 14.4 Å². The van der Waals surface area contributed by atoms with Crippen molar-refractivity contribution in [3.63, 3.8) is 0 Å². The second-order valence-corrected chi connectivity index (χ2v) is 10.8. The Morgan fingerprint density at radius 3 is 2.28 bits per heavy atom. The molecule has 0 heterocycles. The Hall–Kier alpha value is -0.593. The first kappa shape index (κ1) is 17.4. The molecule has 0 aliphatic carbocycles. The number of nitrogens with zero attached hydrogens (tertiary/aromatic N) is 1. The van der Waals surface area contributed by atoms with Gasteiger partial charge in [-0.05, 0) is 24.6 Å². The zero-order valence-electron chi connectivity index (χ0n) is 12.3. The van der Waals surface area contributed by atoms with Gasteiger partial charge in [-0.3, -0.25) is 0 Å². The molecule has 1 amide bonds. The lowest BCUT2D eigenvalue weighted by Crippen LogP contribution is -2.41. The molecule has 3 N–H and O–H groups in total. The SMILES string of the molecule is CC(C)(C)[Si](C)(C)OCCCN(CCN)C(=O)O. The molecular formula is C12H28N2O3Si. The number of nitrogens with two attached hydrogens (primary N) is 1. The molecule has 0 fully saturated rings. The van der Waals surface area contributed by atoms with E-state index in [0.717, 1.165) is 6.42 Å². The minimum atomic E-state index is -1.71. The summed E-state index contributed by atoms with van der Waals surface area (Å²) in [7, 11) is -1.71. The first-order valence-corrected chi connectivity index (χ1v) is 9.34. The average Bonchev–Trinajstić information content (AvgIpc) is 2.20. The van der Waals surface area contributed by atoms with Gasteiger partial charge in [0, 0.05) is 26.2 Å². The zero-order valence-corrected chi connectivity index (χ0v) is 13.3. The third-order valence-electron chi connectivity index (χ3n) is 3.51. The molecule has 0 saturated heterocycles. The minimum Gasteiger partial charge on any atom is -0.465 e. The third kappa shape index (κ3) is 5.84. The Morgan fingerprint density at radius 2 is 1.89 bits per heavy atom. The number of carboxylic acid groups (broad SMARTS) is 1. The normalized spacial score (nSPS) is 12.6. The van der Waals surface area contributed by atoms with Crippen LogP contribution in [-0.2, 0) is 4.43 Å². The fraction of sp³-hybridized carbons (Fsp3) is 0.917. The van der Waals surface area contributed by atoms with Crippen LogP contribution in [-0.4, -0.2) is 50.7 Å². The zero-order chi connectivity index (χ0) is 14.4. The van der Waals surface area contributed by atoms with Gasteiger partial charge in [-0.25, -0.2) is 4.79 Å². The molecule has 0 aromatic heterocycles. The number of rotatable bonds is 7. The molecule has 0 radical (unpaired) electrons. The Kier molecular flexibility index (Phi) is 6.87. The van der Waals surface area contributed by atoms with Gasteiger partial charge in [-0.2, -0.15) is 0 Å². The summed E-state index contributed by atoms with van der Waals surface area (Å²) in [6.45, 7) is 12.8. The van der Waals surface area contributed by atoms with Crippen molar-refractivity contribution in [1.82, 2.24) is 4.90 Å². The van der Waals surface area contributed by atoms with Gasteiger partial charge < -0.3 is 20.2 Å². The summed E-state index contributed by atoms with van der Waals surface area (Å²) in [4.78, 5) is 12.2. The Bertz CT molecular complexity index is 265. The van der Waals surface area contributed by atoms with Gasteiger partial charge in [-0.15, -0.1) is 0 Å². The summed E-state index contributed by atoms with van der Waals surface area (Å²) in [6.07, 6.45) is -0.188. The fourth-order valence-corrected chi connectivity index (χ4v) is 2.35. The molecule has 0 aromatic carbocycles. The molecule has 5 nitrogen and oxygen atoms in total. The third-order valence-corrected chi connectivity index (χ3v) is 8.05. The van der Waals surface area contributed by atoms with Crippen molar-refractivity contribution in [2.75, 3.05) is 26.2 Å². The number of amides is 1. The van der Waals surface area contributed by atoms with Crippen LogP contribution in [0.5, 0.6) is 0 Å². The molecular weight excluding hydrogens is 248 g/mol. The minimum absolute atomic E-state index is 0.191. The van der Waals surface area contributed by atoms with E-state index in [1.165, 1.54) is 4.90 Å². The lowest BCUT2D eigenvalue weighted by atomic mass is 10.2. The van der Waals surface area contributed by atoms with Gasteiger partial charge in [0.25, 0.3) is 0 Å². The highest BCUT2D eigenvalue weighted by molar-refractivity contribution is 6.74. The van der Waals surface area contributed by atoms with E-state index in [9.17, 15) is 4.79 Å². The quantitative estimate of drug-likeness (QED) is 0.553. The second kappa shape index (κ2) is 7.11. The number of hydrogen-bond donors (Lipinski definition) is 2. The largest absolute Gasteiger partial charge is 0.465 e. The van der Waals surface area contributed by atoms with Crippen molar-refractivity contribution in [1.29, 1.82) is 0 Å². The Balaban J connectivity index is 4.02. The van der Waals surface area contributed by atoms with Crippen molar-refractivity contribution in [3.8, 4) is 0 Å². The van der Waals surface area contributed by atoms with Crippen LogP contribution in [0.25, 0.3) is 0 Å². The van der Waals surface area contributed by atoms with E-state index in [-0.39, 0.29) is 5.04 Å². The second-order valence-electron chi connectivity index (χ2n) is 6.02. The maximum absolute atomic E-state index is 10.9. The first-order valence-electron chi connectivity index (χ1n) is 6.43. The summed E-state index contributed by atoms with van der Waals surface area (Å²) < 4.78 is 5.99. The Labute approximate surface area is 111 Å². The average molecular weight is 276 g/mol. The smallest absolute Gasteiger partial charge is 0.407 e. The molecule has 0 aliphatic heterocycles. The molecule has 0 rings (SSSR count). The van der Waals surface area contributed by atoms with Crippen molar-refractivity contribution >= 4 is 14.4 Å². The lowest BCUT2D eigenvalue weighted by Gasteiger charge is -2.36. The first-order chi connectivity index (χ1) is 8.12. The van der Waals surface area contributed by atoms with E-state index in [4.69, 9.17) is 15.3 Å². The van der Waals surface area contributed by atoms with Crippen LogP contribution >= 0.6 is 0 Å². The van der Waals surface area contributed by atoms with E-state index in [1.54, 1.807) is 0 Å². The molecule has 0 unspecified atom stereocenters. The van der Waals surface area contributed by atoms with Crippen molar-refractivity contribution in [2.45, 2.75) is 45.3 Å². The highest BCUT2D eigenvalue weighted by Crippen LogP contribution is 2.36. The molecule has 0 atom stereocenters. The van der Waals surface area contributed by atoms with Crippen LogP contribution in [0.15, 0.2) is 0 Å². The van der Waals surface area contributed by atoms with Crippen LogP contribution in [0.4, 0.5) is 4.79 Å². The summed E-state index contributed by atoms with van der Waals surface area (Å²) >= 11 is 0. The highest BCUT2D eigenvalue weighted by atomic mass is 28.4. The van der Waals surface area contributed by atoms with Crippen LogP contribution in [0.2, 0.25) is 18.1 Å². The molecule has 108 valence electrons. The van der Waals surface area contributed by atoms with E-state index in [0.29, 0.717) is 26.2 Å². The van der Waals surface area contributed by atoms with Gasteiger partial charge in [-0.1, -0.05) is 20.8 Å². The predicted molar refractivity (Wildman–Crippen MR) is 76.4 cm³/mol. The monoisotopic (exact) mass is 276 g/mol. The van der Waals surface area contributed by atoms with E-state index in [2.05, 4.69) is 33.9 Å². The standard InChI is InChI=1S/C12H28N2O3Si/c1-12(2,3)18(4,5)17-10-6-8-14(9-7-13)11(15)16/h6-10,13H2,1-5H3,(H,15,16). The fourth-order valence-electron chi connectivity index (χ4n) is 1.26. The van der Waals surface area contributed by atoms with Crippen LogP contribution < -0.4 is 5.73 Å². The molecule has 0 saturated carbocycles. The van der Waals surface area contributed by atoms with Crippen LogP contribution in [0.3, 0.4) is 0 Å². The van der Waals surface area contributed by atoms with Crippen LogP contribution in [0, 0.1) is 0 Å². The molecule has 0 bridgehead atoms. The lowest BCUT2D eigenvalue weighted by molar-refractivity contribution is 0.142. The van der Waals surface area contributed by atoms with Gasteiger partial charge in [0.2, 0.25) is 0 Å². The Morgan fingerprint density at radius 1 is 1.33 bits per heavy atom. The maximum Gasteiger partial charge on any atom is 0.407 e. The van der Waals surface area contributed by atoms with Crippen LogP contribution in [0.1, 0.15) is 27.2 Å². The molecule has 0 aromatic rings. The number of carbonyl (C=O) groups is 1. The molecule has 18 heavy (non-hydrogen) atoms. The predicted octanol–water partition coefficient (Wildman–Crippen LogP) is 2.34. The summed E-state index contributed by atoms with van der Waals surface area (Å²) in [5, 5.41) is 9.12. The van der Waals surface area contributed by atoms with Gasteiger partial charge >= 0.3 is 6.09 Å². The van der Waals surface area contributed by atoms with E-state index >= 15 is 0 Å².